The molecule has 3 nitrogen and oxygen atoms in total. The number of halogens is 1. The van der Waals surface area contributed by atoms with Gasteiger partial charge in [-0.1, -0.05) is 41.9 Å². The first kappa shape index (κ1) is 19.2. The molecule has 0 unspecified atom stereocenters. The van der Waals surface area contributed by atoms with Gasteiger partial charge in [0.1, 0.15) is 5.75 Å². The first-order valence-electron chi connectivity index (χ1n) is 7.71. The van der Waals surface area contributed by atoms with Crippen molar-refractivity contribution in [2.75, 3.05) is 12.9 Å². The summed E-state index contributed by atoms with van der Waals surface area (Å²) in [6, 6.07) is 14.9. The molecule has 1 N–H and O–H groups in total. The Bertz CT molecular complexity index is 767. The van der Waals surface area contributed by atoms with Crippen molar-refractivity contribution in [3.63, 3.8) is 0 Å². The molecular formula is C20H19ClO3S. The Morgan fingerprint density at radius 3 is 2.56 bits per heavy atom. The lowest BCUT2D eigenvalue weighted by Crippen LogP contribution is -2.02. The van der Waals surface area contributed by atoms with Crippen LogP contribution in [0.1, 0.15) is 12.0 Å². The van der Waals surface area contributed by atoms with Gasteiger partial charge in [-0.2, -0.15) is 0 Å². The van der Waals surface area contributed by atoms with E-state index in [4.69, 9.17) is 16.3 Å². The monoisotopic (exact) mass is 374 g/mol. The minimum absolute atomic E-state index is 0.119. The summed E-state index contributed by atoms with van der Waals surface area (Å²) >= 11 is 7.61. The number of allylic oxidation sites excluding steroid dienone is 2. The van der Waals surface area contributed by atoms with Gasteiger partial charge in [0.2, 0.25) is 0 Å². The number of rotatable bonds is 8. The summed E-state index contributed by atoms with van der Waals surface area (Å²) in [6.45, 7) is 0. The molecule has 0 fully saturated rings. The molecule has 0 atom stereocenters. The van der Waals surface area contributed by atoms with E-state index in [1.54, 1.807) is 19.3 Å². The number of carbonyl (C=O) groups is 1. The lowest BCUT2D eigenvalue weighted by Gasteiger charge is -2.04. The van der Waals surface area contributed by atoms with Crippen LogP contribution in [0.3, 0.4) is 0 Å². The molecule has 2 aromatic rings. The molecule has 0 spiro atoms. The van der Waals surface area contributed by atoms with Crippen LogP contribution in [-0.2, 0) is 4.79 Å². The van der Waals surface area contributed by atoms with Crippen molar-refractivity contribution in [1.82, 2.24) is 0 Å². The third kappa shape index (κ3) is 6.00. The van der Waals surface area contributed by atoms with E-state index in [-0.39, 0.29) is 11.4 Å². The third-order valence-electron chi connectivity index (χ3n) is 3.46. The van der Waals surface area contributed by atoms with Crippen LogP contribution in [0.4, 0.5) is 0 Å². The summed E-state index contributed by atoms with van der Waals surface area (Å²) in [6.07, 6.45) is 4.56. The highest BCUT2D eigenvalue weighted by atomic mass is 35.5. The van der Waals surface area contributed by atoms with Gasteiger partial charge >= 0.3 is 0 Å². The van der Waals surface area contributed by atoms with Crippen LogP contribution < -0.4 is 4.74 Å². The number of aliphatic hydroxyl groups excluding tert-OH is 1. The zero-order chi connectivity index (χ0) is 18.1. The normalized spacial score (nSPS) is 11.7. The number of aliphatic hydroxyl groups is 1. The number of hydrogen-bond acceptors (Lipinski definition) is 4. The van der Waals surface area contributed by atoms with Crippen LogP contribution in [0.15, 0.2) is 71.3 Å². The van der Waals surface area contributed by atoms with Gasteiger partial charge in [-0.25, -0.2) is 0 Å². The predicted octanol–water partition coefficient (Wildman–Crippen LogP) is 5.56. The van der Waals surface area contributed by atoms with Crippen molar-refractivity contribution in [1.29, 1.82) is 0 Å². The van der Waals surface area contributed by atoms with Crippen molar-refractivity contribution in [3.8, 4) is 5.75 Å². The Kier molecular flexibility index (Phi) is 7.64. The Morgan fingerprint density at radius 1 is 1.20 bits per heavy atom. The van der Waals surface area contributed by atoms with Gasteiger partial charge in [-0.05, 0) is 35.9 Å². The molecule has 5 heteroatoms. The Labute approximate surface area is 157 Å². The molecule has 0 amide bonds. The van der Waals surface area contributed by atoms with Crippen molar-refractivity contribution in [2.24, 2.45) is 0 Å². The molecule has 2 aromatic carbocycles. The maximum absolute atomic E-state index is 12.2. The second kappa shape index (κ2) is 9.97. The number of Topliss-reactive ketones (excluding diaryl/α,β-unsaturated/α-hetero) is 1. The second-order valence-corrected chi connectivity index (χ2v) is 6.69. The van der Waals surface area contributed by atoms with Crippen LogP contribution in [0, 0.1) is 0 Å². The van der Waals surface area contributed by atoms with Crippen LogP contribution in [0.2, 0.25) is 5.02 Å². The molecule has 0 aliphatic carbocycles. The predicted molar refractivity (Wildman–Crippen MR) is 105 cm³/mol. The summed E-state index contributed by atoms with van der Waals surface area (Å²) in [5.74, 6) is 1.24. The summed E-state index contributed by atoms with van der Waals surface area (Å²) in [7, 11) is 1.61. The minimum atomic E-state index is -0.119. The first-order chi connectivity index (χ1) is 12.1. The van der Waals surface area contributed by atoms with E-state index in [1.165, 1.54) is 11.8 Å². The quantitative estimate of drug-likeness (QED) is 0.284. The van der Waals surface area contributed by atoms with E-state index < -0.39 is 0 Å². The highest BCUT2D eigenvalue weighted by molar-refractivity contribution is 7.99. The molecular weight excluding hydrogens is 356 g/mol. The number of thioether (sulfide) groups is 1. The SMILES string of the molecule is COc1ccc(/C=C/C(=C/O)C(=O)CCSc2ccccc2Cl)cc1. The summed E-state index contributed by atoms with van der Waals surface area (Å²) in [4.78, 5) is 13.2. The highest BCUT2D eigenvalue weighted by Gasteiger charge is 2.08. The lowest BCUT2D eigenvalue weighted by atomic mass is 10.1. The summed E-state index contributed by atoms with van der Waals surface area (Å²) < 4.78 is 5.10. The van der Waals surface area contributed by atoms with Crippen LogP contribution >= 0.6 is 23.4 Å². The molecule has 0 aliphatic heterocycles. The van der Waals surface area contributed by atoms with Crippen molar-refractivity contribution >= 4 is 35.2 Å². The van der Waals surface area contributed by atoms with Gasteiger partial charge < -0.3 is 9.84 Å². The smallest absolute Gasteiger partial charge is 0.166 e. The second-order valence-electron chi connectivity index (χ2n) is 5.14. The van der Waals surface area contributed by atoms with Crippen molar-refractivity contribution < 1.29 is 14.6 Å². The van der Waals surface area contributed by atoms with Crippen LogP contribution in [-0.4, -0.2) is 23.8 Å². The van der Waals surface area contributed by atoms with Gasteiger partial charge in [0, 0.05) is 17.1 Å². The van der Waals surface area contributed by atoms with Crippen molar-refractivity contribution in [3.05, 3.63) is 77.0 Å². The van der Waals surface area contributed by atoms with Gasteiger partial charge in [-0.3, -0.25) is 4.79 Å². The van der Waals surface area contributed by atoms with E-state index >= 15 is 0 Å². The summed E-state index contributed by atoms with van der Waals surface area (Å²) in [5.41, 5.74) is 1.19. The molecule has 0 radical (unpaired) electrons. The highest BCUT2D eigenvalue weighted by Crippen LogP contribution is 2.27. The van der Waals surface area contributed by atoms with Gasteiger partial charge in [0.05, 0.1) is 24.0 Å². The van der Waals surface area contributed by atoms with E-state index in [0.717, 1.165) is 22.5 Å². The van der Waals surface area contributed by atoms with E-state index in [0.29, 0.717) is 17.2 Å². The topological polar surface area (TPSA) is 46.5 Å². The molecule has 25 heavy (non-hydrogen) atoms. The zero-order valence-corrected chi connectivity index (χ0v) is 15.4. The fraction of sp³-hybridized carbons (Fsp3) is 0.150. The van der Waals surface area contributed by atoms with Gasteiger partial charge in [0.15, 0.2) is 5.78 Å². The number of ketones is 1. The standard InChI is InChI=1S/C20H19ClO3S/c1-24-17-10-7-15(8-11-17)6-9-16(14-22)19(23)12-13-25-20-5-3-2-4-18(20)21/h2-11,14,22H,12-13H2,1H3/b9-6+,16-14-. The van der Waals surface area contributed by atoms with E-state index in [9.17, 15) is 9.90 Å². The molecule has 130 valence electrons. The molecule has 0 saturated heterocycles. The Hall–Kier alpha value is -2.17. The van der Waals surface area contributed by atoms with E-state index in [1.807, 2.05) is 48.5 Å². The number of carbonyl (C=O) groups excluding carboxylic acids is 1. The molecule has 2 rings (SSSR count). The maximum atomic E-state index is 12.2. The third-order valence-corrected chi connectivity index (χ3v) is 4.97. The van der Waals surface area contributed by atoms with Crippen molar-refractivity contribution in [2.45, 2.75) is 11.3 Å². The first-order valence-corrected chi connectivity index (χ1v) is 9.07. The molecule has 0 aromatic heterocycles. The fourth-order valence-electron chi connectivity index (χ4n) is 2.07. The number of methoxy groups -OCH3 is 1. The molecule has 0 saturated carbocycles. The molecule has 0 bridgehead atoms. The number of hydrogen-bond donors (Lipinski definition) is 1. The number of benzene rings is 2. The molecule has 0 heterocycles. The summed E-state index contributed by atoms with van der Waals surface area (Å²) in [5, 5.41) is 10.0. The zero-order valence-electron chi connectivity index (χ0n) is 13.8. The van der Waals surface area contributed by atoms with Gasteiger partial charge in [0.25, 0.3) is 0 Å². The Morgan fingerprint density at radius 2 is 1.92 bits per heavy atom. The van der Waals surface area contributed by atoms with Crippen LogP contribution in [0.25, 0.3) is 6.08 Å². The fourth-order valence-corrected chi connectivity index (χ4v) is 3.26. The average molecular weight is 375 g/mol. The largest absolute Gasteiger partial charge is 0.515 e. The van der Waals surface area contributed by atoms with E-state index in [2.05, 4.69) is 0 Å². The maximum Gasteiger partial charge on any atom is 0.166 e. The van der Waals surface area contributed by atoms with Crippen LogP contribution in [0.5, 0.6) is 5.75 Å². The number of ether oxygens (including phenoxy) is 1. The lowest BCUT2D eigenvalue weighted by molar-refractivity contribution is -0.115. The minimum Gasteiger partial charge on any atom is -0.515 e. The van der Waals surface area contributed by atoms with Gasteiger partial charge in [-0.15, -0.1) is 11.8 Å². The average Bonchev–Trinajstić information content (AvgIpc) is 2.64. The Balaban J connectivity index is 1.89. The molecule has 0 aliphatic rings.